The quantitative estimate of drug-likeness (QED) is 0.207. The molecule has 6 heteroatoms. The van der Waals surface area contributed by atoms with Gasteiger partial charge < -0.3 is 0 Å². The van der Waals surface area contributed by atoms with Gasteiger partial charge in [-0.3, -0.25) is 0 Å². The van der Waals surface area contributed by atoms with E-state index in [1.165, 1.54) is 24.3 Å². The van der Waals surface area contributed by atoms with Crippen LogP contribution in [0.4, 0.5) is 8.78 Å². The Morgan fingerprint density at radius 3 is 1.14 bits per heavy atom. The summed E-state index contributed by atoms with van der Waals surface area (Å²) >= 11 is 14.2. The molecular formula is C22H10Br4F2. The van der Waals surface area contributed by atoms with Gasteiger partial charge in [0.25, 0.3) is 0 Å². The fourth-order valence-electron chi connectivity index (χ4n) is 3.12. The van der Waals surface area contributed by atoms with Crippen molar-refractivity contribution in [1.29, 1.82) is 0 Å². The third-order valence-corrected chi connectivity index (χ3v) is 7.08. The van der Waals surface area contributed by atoms with Crippen molar-refractivity contribution in [2.75, 3.05) is 0 Å². The van der Waals surface area contributed by atoms with E-state index in [0.29, 0.717) is 8.95 Å². The maximum Gasteiger partial charge on any atom is 0.124 e. The van der Waals surface area contributed by atoms with Gasteiger partial charge in [0.1, 0.15) is 11.6 Å². The van der Waals surface area contributed by atoms with Crippen LogP contribution < -0.4 is 0 Å². The molecule has 0 heterocycles. The van der Waals surface area contributed by atoms with Gasteiger partial charge >= 0.3 is 0 Å². The van der Waals surface area contributed by atoms with Crippen molar-refractivity contribution < 1.29 is 8.78 Å². The summed E-state index contributed by atoms with van der Waals surface area (Å²) in [5, 5.41) is 2.06. The topological polar surface area (TPSA) is 0 Å². The molecule has 0 unspecified atom stereocenters. The fraction of sp³-hybridized carbons (Fsp3) is 0. The van der Waals surface area contributed by atoms with Crippen LogP contribution >= 0.6 is 63.7 Å². The van der Waals surface area contributed by atoms with Crippen LogP contribution in [0.5, 0.6) is 0 Å². The summed E-state index contributed by atoms with van der Waals surface area (Å²) in [7, 11) is 0. The molecule has 4 rings (SSSR count). The van der Waals surface area contributed by atoms with Crippen molar-refractivity contribution in [3.05, 3.63) is 90.2 Å². The third kappa shape index (κ3) is 3.84. The van der Waals surface area contributed by atoms with Gasteiger partial charge in [0.15, 0.2) is 0 Å². The van der Waals surface area contributed by atoms with Crippen LogP contribution in [0.1, 0.15) is 0 Å². The van der Waals surface area contributed by atoms with Gasteiger partial charge in [-0.15, -0.1) is 0 Å². The van der Waals surface area contributed by atoms with E-state index in [-0.39, 0.29) is 11.6 Å². The van der Waals surface area contributed by atoms with Crippen molar-refractivity contribution in [2.24, 2.45) is 0 Å². The van der Waals surface area contributed by atoms with Gasteiger partial charge in [-0.25, -0.2) is 8.78 Å². The first-order valence-corrected chi connectivity index (χ1v) is 11.3. The van der Waals surface area contributed by atoms with Crippen molar-refractivity contribution in [3.8, 4) is 22.3 Å². The minimum Gasteiger partial charge on any atom is -0.207 e. The second kappa shape index (κ2) is 7.98. The van der Waals surface area contributed by atoms with Crippen molar-refractivity contribution in [2.45, 2.75) is 0 Å². The fourth-order valence-corrected chi connectivity index (χ4v) is 5.40. The maximum atomic E-state index is 13.5. The van der Waals surface area contributed by atoms with Gasteiger partial charge in [0.2, 0.25) is 0 Å². The van der Waals surface area contributed by atoms with Crippen molar-refractivity contribution >= 4 is 74.5 Å². The molecule has 0 atom stereocenters. The molecule has 0 aromatic heterocycles. The standard InChI is InChI=1S/C22H10Br4F2/c23-19-7-12-6-18(16-4-2-14(28)10-22(16)26)20(24)8-11(12)5-17(19)15-3-1-13(27)9-21(15)25/h1-10H. The lowest BCUT2D eigenvalue weighted by molar-refractivity contribution is 0.626. The lowest BCUT2D eigenvalue weighted by Gasteiger charge is -2.13. The number of hydrogen-bond acceptors (Lipinski definition) is 0. The summed E-state index contributed by atoms with van der Waals surface area (Å²) in [6.07, 6.45) is 0. The van der Waals surface area contributed by atoms with Crippen molar-refractivity contribution in [1.82, 2.24) is 0 Å². The van der Waals surface area contributed by atoms with Crippen LogP contribution in [0.2, 0.25) is 0 Å². The summed E-state index contributed by atoms with van der Waals surface area (Å²) < 4.78 is 30.1. The predicted octanol–water partition coefficient (Wildman–Crippen LogP) is 9.50. The van der Waals surface area contributed by atoms with Crippen LogP contribution in [0.25, 0.3) is 33.0 Å². The summed E-state index contributed by atoms with van der Waals surface area (Å²) in [6.45, 7) is 0. The van der Waals surface area contributed by atoms with Crippen molar-refractivity contribution in [3.63, 3.8) is 0 Å². The molecule has 0 aliphatic heterocycles. The Labute approximate surface area is 194 Å². The number of benzene rings is 4. The van der Waals surface area contributed by atoms with Gasteiger partial charge in [0.05, 0.1) is 0 Å². The van der Waals surface area contributed by atoms with Crippen LogP contribution in [0.3, 0.4) is 0 Å². The van der Waals surface area contributed by atoms with E-state index in [2.05, 4.69) is 75.9 Å². The number of fused-ring (bicyclic) bond motifs is 1. The average molecular weight is 632 g/mol. The highest BCUT2D eigenvalue weighted by molar-refractivity contribution is 9.11. The largest absolute Gasteiger partial charge is 0.207 e. The molecule has 0 fully saturated rings. The van der Waals surface area contributed by atoms with E-state index in [9.17, 15) is 8.78 Å². The molecule has 0 bridgehead atoms. The molecule has 28 heavy (non-hydrogen) atoms. The molecule has 140 valence electrons. The first-order chi connectivity index (χ1) is 13.3. The smallest absolute Gasteiger partial charge is 0.124 e. The van der Waals surface area contributed by atoms with Gasteiger partial charge in [-0.05, 0) is 81.6 Å². The Bertz CT molecular complexity index is 1140. The van der Waals surface area contributed by atoms with Gasteiger partial charge in [-0.1, -0.05) is 75.9 Å². The summed E-state index contributed by atoms with van der Waals surface area (Å²) in [4.78, 5) is 0. The Morgan fingerprint density at radius 2 is 0.786 bits per heavy atom. The summed E-state index contributed by atoms with van der Waals surface area (Å²) in [5.41, 5.74) is 3.72. The lowest BCUT2D eigenvalue weighted by Crippen LogP contribution is -1.88. The minimum absolute atomic E-state index is 0.287. The Morgan fingerprint density at radius 1 is 0.429 bits per heavy atom. The second-order valence-electron chi connectivity index (χ2n) is 6.26. The van der Waals surface area contributed by atoms with Crippen LogP contribution in [0, 0.1) is 11.6 Å². The molecule has 0 saturated carbocycles. The molecule has 0 spiro atoms. The molecule has 0 radical (unpaired) electrons. The zero-order chi connectivity index (χ0) is 20.0. The average Bonchev–Trinajstić information content (AvgIpc) is 2.62. The van der Waals surface area contributed by atoms with E-state index in [0.717, 1.165) is 42.0 Å². The monoisotopic (exact) mass is 628 g/mol. The highest BCUT2D eigenvalue weighted by Gasteiger charge is 2.13. The van der Waals surface area contributed by atoms with Gasteiger partial charge in [0, 0.05) is 17.9 Å². The molecule has 0 aliphatic carbocycles. The van der Waals surface area contributed by atoms with E-state index < -0.39 is 0 Å². The zero-order valence-corrected chi connectivity index (χ0v) is 20.4. The minimum atomic E-state index is -0.287. The molecule has 0 nitrogen and oxygen atoms in total. The molecule has 0 aliphatic rings. The highest BCUT2D eigenvalue weighted by Crippen LogP contribution is 2.41. The number of rotatable bonds is 2. The molecule has 0 amide bonds. The molecule has 4 aromatic carbocycles. The van der Waals surface area contributed by atoms with E-state index >= 15 is 0 Å². The third-order valence-electron chi connectivity index (χ3n) is 4.45. The Kier molecular flexibility index (Phi) is 5.76. The number of halogens is 6. The summed E-state index contributed by atoms with van der Waals surface area (Å²) in [6, 6.07) is 17.5. The van der Waals surface area contributed by atoms with E-state index in [1.807, 2.05) is 12.1 Å². The van der Waals surface area contributed by atoms with Crippen LogP contribution in [0.15, 0.2) is 78.6 Å². The highest BCUT2D eigenvalue weighted by atomic mass is 79.9. The first-order valence-electron chi connectivity index (χ1n) is 8.17. The maximum absolute atomic E-state index is 13.5. The van der Waals surface area contributed by atoms with Gasteiger partial charge in [-0.2, -0.15) is 0 Å². The SMILES string of the molecule is Fc1ccc(-c2cc3cc(Br)c(-c4ccc(F)cc4Br)cc3cc2Br)c(Br)c1. The lowest BCUT2D eigenvalue weighted by atomic mass is 9.97. The normalized spacial score (nSPS) is 11.2. The zero-order valence-electron chi connectivity index (χ0n) is 14.0. The van der Waals surface area contributed by atoms with E-state index in [4.69, 9.17) is 0 Å². The van der Waals surface area contributed by atoms with Crippen LogP contribution in [-0.2, 0) is 0 Å². The summed E-state index contributed by atoms with van der Waals surface area (Å²) in [5.74, 6) is -0.574. The molecular weight excluding hydrogens is 622 g/mol. The first kappa shape index (κ1) is 20.2. The molecule has 0 saturated heterocycles. The second-order valence-corrected chi connectivity index (χ2v) is 9.68. The predicted molar refractivity (Wildman–Crippen MR) is 126 cm³/mol. The molecule has 4 aromatic rings. The molecule has 0 N–H and O–H groups in total. The van der Waals surface area contributed by atoms with E-state index in [1.54, 1.807) is 12.1 Å². The Balaban J connectivity index is 1.90. The Hall–Kier alpha value is -1.08. The van der Waals surface area contributed by atoms with Crippen LogP contribution in [-0.4, -0.2) is 0 Å². The number of hydrogen-bond donors (Lipinski definition) is 0.